The summed E-state index contributed by atoms with van der Waals surface area (Å²) in [6.45, 7) is 1.73. The van der Waals surface area contributed by atoms with E-state index in [1.165, 1.54) is 6.07 Å². The highest BCUT2D eigenvalue weighted by Crippen LogP contribution is 2.55. The topological polar surface area (TPSA) is 144 Å². The number of allylic oxidation sites excluding steroid dienone is 2. The molecule has 0 spiro atoms. The largest absolute Gasteiger partial charge is 0.399 e. The molecule has 1 aromatic heterocycles. The second-order valence-corrected chi connectivity index (χ2v) is 8.88. The molecule has 32 heavy (non-hydrogen) atoms. The Kier molecular flexibility index (Phi) is 5.50. The molecule has 1 aliphatic heterocycles. The number of nitriles is 3. The van der Waals surface area contributed by atoms with Crippen LogP contribution in [0.4, 0.5) is 5.00 Å². The Morgan fingerprint density at radius 1 is 1.19 bits per heavy atom. The van der Waals surface area contributed by atoms with E-state index in [4.69, 9.17) is 5.73 Å². The van der Waals surface area contributed by atoms with Crippen LogP contribution < -0.4 is 5.73 Å². The second kappa shape index (κ2) is 8.28. The van der Waals surface area contributed by atoms with Crippen molar-refractivity contribution in [3.05, 3.63) is 85.9 Å². The lowest BCUT2D eigenvalue weighted by atomic mass is 9.59. The van der Waals surface area contributed by atoms with E-state index in [0.29, 0.717) is 30.1 Å². The number of thiophene rings is 1. The van der Waals surface area contributed by atoms with Crippen LogP contribution in [0.5, 0.6) is 0 Å². The first-order valence-electron chi connectivity index (χ1n) is 9.88. The summed E-state index contributed by atoms with van der Waals surface area (Å²) in [7, 11) is 0. The van der Waals surface area contributed by atoms with E-state index in [9.17, 15) is 25.9 Å². The SMILES string of the molecule is N#CC1=C(N)C(C#N)(C#N)[C@@H](c2ccc([N+](=O)[O-])s2)[C@@H]2CN(Cc3ccccc3)CC=C12. The summed E-state index contributed by atoms with van der Waals surface area (Å²) in [4.78, 5) is 13.5. The van der Waals surface area contributed by atoms with Gasteiger partial charge in [0.05, 0.1) is 28.3 Å². The van der Waals surface area contributed by atoms with Crippen LogP contribution in [0.3, 0.4) is 0 Å². The fourth-order valence-electron chi connectivity index (χ4n) is 4.62. The molecule has 2 aliphatic rings. The Morgan fingerprint density at radius 3 is 2.50 bits per heavy atom. The van der Waals surface area contributed by atoms with Gasteiger partial charge < -0.3 is 5.73 Å². The van der Waals surface area contributed by atoms with Crippen LogP contribution in [0.2, 0.25) is 0 Å². The van der Waals surface area contributed by atoms with Crippen molar-refractivity contribution in [1.82, 2.24) is 4.90 Å². The smallest absolute Gasteiger partial charge is 0.324 e. The van der Waals surface area contributed by atoms with Crippen LogP contribution >= 0.6 is 11.3 Å². The molecule has 0 saturated heterocycles. The van der Waals surface area contributed by atoms with E-state index >= 15 is 0 Å². The standard InChI is InChI=1S/C23H18N6O2S/c24-10-17-16-8-9-28(11-15-4-2-1-3-5-15)12-18(16)21(23(13-25,14-26)22(17)27)19-6-7-20(32-19)29(30)31/h1-8,18,21H,9,11-12,27H2/t18-,21-/m1/s1. The number of rotatable bonds is 4. The van der Waals surface area contributed by atoms with Gasteiger partial charge in [-0.25, -0.2) is 0 Å². The number of benzene rings is 1. The molecule has 0 radical (unpaired) electrons. The Morgan fingerprint density at radius 2 is 1.91 bits per heavy atom. The Labute approximate surface area is 188 Å². The van der Waals surface area contributed by atoms with E-state index in [-0.39, 0.29) is 22.2 Å². The molecule has 0 amide bonds. The molecule has 158 valence electrons. The van der Waals surface area contributed by atoms with Gasteiger partial charge in [-0.05, 0) is 17.2 Å². The van der Waals surface area contributed by atoms with Crippen molar-refractivity contribution < 1.29 is 4.92 Å². The van der Waals surface area contributed by atoms with Gasteiger partial charge in [-0.2, -0.15) is 15.8 Å². The van der Waals surface area contributed by atoms with Gasteiger partial charge in [-0.15, -0.1) is 0 Å². The second-order valence-electron chi connectivity index (χ2n) is 7.79. The minimum atomic E-state index is -1.79. The third kappa shape index (κ3) is 3.33. The monoisotopic (exact) mass is 442 g/mol. The first kappa shape index (κ1) is 21.3. The Balaban J connectivity index is 1.84. The number of nitro groups is 1. The van der Waals surface area contributed by atoms with Crippen molar-refractivity contribution in [3.63, 3.8) is 0 Å². The van der Waals surface area contributed by atoms with Crippen molar-refractivity contribution in [2.24, 2.45) is 17.1 Å². The third-order valence-electron chi connectivity index (χ3n) is 6.09. The lowest BCUT2D eigenvalue weighted by molar-refractivity contribution is -0.380. The summed E-state index contributed by atoms with van der Waals surface area (Å²) in [5, 5.41) is 41.2. The summed E-state index contributed by atoms with van der Waals surface area (Å²) >= 11 is 0.944. The Hall–Kier alpha value is -3.97. The number of hydrogen-bond acceptors (Lipinski definition) is 8. The summed E-state index contributed by atoms with van der Waals surface area (Å²) in [5.74, 6) is -1.11. The molecule has 2 atom stereocenters. The zero-order valence-corrected chi connectivity index (χ0v) is 17.7. The van der Waals surface area contributed by atoms with Crippen LogP contribution in [0.25, 0.3) is 0 Å². The number of nitrogens with two attached hydrogens (primary N) is 1. The van der Waals surface area contributed by atoms with Gasteiger partial charge in [0, 0.05) is 42.4 Å². The number of hydrogen-bond donors (Lipinski definition) is 1. The van der Waals surface area contributed by atoms with Crippen LogP contribution in [0, 0.1) is 55.4 Å². The highest BCUT2D eigenvalue weighted by atomic mass is 32.1. The molecule has 8 nitrogen and oxygen atoms in total. The summed E-state index contributed by atoms with van der Waals surface area (Å²) in [5.41, 5.74) is 6.40. The molecule has 0 bridgehead atoms. The van der Waals surface area contributed by atoms with E-state index in [0.717, 1.165) is 16.9 Å². The minimum Gasteiger partial charge on any atom is -0.399 e. The fraction of sp³-hybridized carbons (Fsp3) is 0.261. The highest BCUT2D eigenvalue weighted by Gasteiger charge is 2.55. The van der Waals surface area contributed by atoms with Crippen LogP contribution in [-0.2, 0) is 6.54 Å². The first-order valence-corrected chi connectivity index (χ1v) is 10.7. The van der Waals surface area contributed by atoms with E-state index in [1.807, 2.05) is 36.4 Å². The average Bonchev–Trinajstić information content (AvgIpc) is 3.29. The van der Waals surface area contributed by atoms with Crippen molar-refractivity contribution in [1.29, 1.82) is 15.8 Å². The zero-order valence-electron chi connectivity index (χ0n) is 16.9. The maximum atomic E-state index is 11.3. The molecule has 0 fully saturated rings. The molecule has 2 heterocycles. The van der Waals surface area contributed by atoms with Crippen LogP contribution in [0.1, 0.15) is 16.4 Å². The quantitative estimate of drug-likeness (QED) is 0.563. The van der Waals surface area contributed by atoms with Crippen LogP contribution in [0.15, 0.2) is 65.4 Å². The van der Waals surface area contributed by atoms with E-state index < -0.39 is 16.3 Å². The highest BCUT2D eigenvalue weighted by molar-refractivity contribution is 7.15. The van der Waals surface area contributed by atoms with Gasteiger partial charge in [0.25, 0.3) is 0 Å². The van der Waals surface area contributed by atoms with Gasteiger partial charge >= 0.3 is 5.00 Å². The van der Waals surface area contributed by atoms with E-state index in [2.05, 4.69) is 23.1 Å². The molecule has 9 heteroatoms. The third-order valence-corrected chi connectivity index (χ3v) is 7.21. The van der Waals surface area contributed by atoms with Crippen molar-refractivity contribution in [2.45, 2.75) is 12.5 Å². The predicted molar refractivity (Wildman–Crippen MR) is 117 cm³/mol. The zero-order chi connectivity index (χ0) is 22.9. The molecular formula is C23H18N6O2S. The van der Waals surface area contributed by atoms with E-state index in [1.54, 1.807) is 6.07 Å². The average molecular weight is 443 g/mol. The van der Waals surface area contributed by atoms with Gasteiger partial charge in [-0.1, -0.05) is 47.7 Å². The lowest BCUT2D eigenvalue weighted by Gasteiger charge is -2.45. The van der Waals surface area contributed by atoms with Gasteiger partial charge in [0.1, 0.15) is 6.07 Å². The number of nitrogens with zero attached hydrogens (tertiary/aromatic N) is 5. The minimum absolute atomic E-state index is 0.0686. The van der Waals surface area contributed by atoms with Crippen molar-refractivity contribution in [3.8, 4) is 18.2 Å². The summed E-state index contributed by atoms with van der Waals surface area (Å²) in [6.07, 6.45) is 1.93. The molecule has 1 aliphatic carbocycles. The molecule has 4 rings (SSSR count). The molecule has 0 unspecified atom stereocenters. The summed E-state index contributed by atoms with van der Waals surface area (Å²) < 4.78 is 0. The summed E-state index contributed by atoms with van der Waals surface area (Å²) in [6, 6.07) is 19.1. The molecule has 0 saturated carbocycles. The van der Waals surface area contributed by atoms with Crippen molar-refractivity contribution in [2.75, 3.05) is 13.1 Å². The molecule has 1 aromatic carbocycles. The predicted octanol–water partition coefficient (Wildman–Crippen LogP) is 3.58. The Bertz CT molecular complexity index is 1240. The molecule has 2 N–H and O–H groups in total. The fourth-order valence-corrected chi connectivity index (χ4v) is 5.68. The number of fused-ring (bicyclic) bond motifs is 1. The molecule has 2 aromatic rings. The van der Waals surface area contributed by atoms with Gasteiger partial charge in [0.15, 0.2) is 5.41 Å². The van der Waals surface area contributed by atoms with Gasteiger partial charge in [0.2, 0.25) is 0 Å². The lowest BCUT2D eigenvalue weighted by Crippen LogP contribution is -2.47. The first-order chi connectivity index (χ1) is 15.4. The van der Waals surface area contributed by atoms with Gasteiger partial charge in [-0.3, -0.25) is 15.0 Å². The molecular weight excluding hydrogens is 424 g/mol. The maximum absolute atomic E-state index is 11.3. The normalized spacial score (nSPS) is 22.1. The van der Waals surface area contributed by atoms with Crippen molar-refractivity contribution >= 4 is 16.3 Å². The maximum Gasteiger partial charge on any atom is 0.324 e. The van der Waals surface area contributed by atoms with Crippen LogP contribution in [-0.4, -0.2) is 22.9 Å².